The van der Waals surface area contributed by atoms with Gasteiger partial charge in [0.05, 0.1) is 38.6 Å². The Morgan fingerprint density at radius 3 is 2.35 bits per heavy atom. The number of nitrogens with one attached hydrogen (secondary N) is 1. The normalized spacial score (nSPS) is 12.9. The van der Waals surface area contributed by atoms with Gasteiger partial charge in [0.15, 0.2) is 0 Å². The minimum Gasteiger partial charge on any atom is -0.360 e. The molecule has 12 heteroatoms. The second kappa shape index (κ2) is 11.8. The number of alkyl halides is 4. The van der Waals surface area contributed by atoms with Crippen molar-refractivity contribution in [2.45, 2.75) is 36.3 Å². The van der Waals surface area contributed by atoms with Gasteiger partial charge in [0.2, 0.25) is 0 Å². The van der Waals surface area contributed by atoms with Crippen LogP contribution in [0.3, 0.4) is 0 Å². The highest BCUT2D eigenvalue weighted by Crippen LogP contribution is 2.35. The summed E-state index contributed by atoms with van der Waals surface area (Å²) in [5, 5.41) is 1.31. The van der Waals surface area contributed by atoms with Crippen molar-refractivity contribution in [3.05, 3.63) is 99.7 Å². The van der Waals surface area contributed by atoms with Gasteiger partial charge in [0.25, 0.3) is 5.91 Å². The fourth-order valence-electron chi connectivity index (χ4n) is 4.51. The fourth-order valence-corrected chi connectivity index (χ4v) is 5.45. The van der Waals surface area contributed by atoms with E-state index in [2.05, 4.69) is 5.32 Å². The molecule has 4 nitrogen and oxygen atoms in total. The van der Waals surface area contributed by atoms with Crippen LogP contribution in [0.15, 0.2) is 71.6 Å². The molecule has 1 aromatic heterocycles. The summed E-state index contributed by atoms with van der Waals surface area (Å²) in [4.78, 5) is 13.7. The van der Waals surface area contributed by atoms with E-state index in [0.717, 1.165) is 6.07 Å². The number of benzene rings is 3. The van der Waals surface area contributed by atoms with E-state index in [1.807, 2.05) is 0 Å². The maximum absolute atomic E-state index is 13.7. The number of aryl methyl sites for hydroxylation is 1. The Morgan fingerprint density at radius 2 is 1.73 bits per heavy atom. The minimum absolute atomic E-state index is 0.0115. The van der Waals surface area contributed by atoms with Crippen molar-refractivity contribution in [2.75, 3.05) is 12.4 Å². The highest BCUT2D eigenvalue weighted by Gasteiger charge is 2.34. The van der Waals surface area contributed by atoms with Crippen molar-refractivity contribution in [1.82, 2.24) is 9.88 Å². The minimum atomic E-state index is -4.62. The van der Waals surface area contributed by atoms with Crippen LogP contribution >= 0.6 is 11.6 Å². The van der Waals surface area contributed by atoms with E-state index in [1.54, 1.807) is 54.0 Å². The smallest absolute Gasteiger partial charge is 0.360 e. The van der Waals surface area contributed by atoms with Crippen LogP contribution in [0, 0.1) is 0 Å². The molecule has 204 valence electrons. The Kier molecular flexibility index (Phi) is 8.85. The molecule has 1 unspecified atom stereocenters. The zero-order valence-electron chi connectivity index (χ0n) is 21.4. The van der Waals surface area contributed by atoms with Gasteiger partial charge in [-0.05, 0) is 65.0 Å². The average Bonchev–Trinajstić information content (AvgIpc) is 3.24. The third-order valence-electron chi connectivity index (χ3n) is 6.48. The van der Waals surface area contributed by atoms with Crippen LogP contribution < -0.4 is 5.32 Å². The summed E-state index contributed by atoms with van der Waals surface area (Å²) in [6.45, 7) is 0.982. The van der Waals surface area contributed by atoms with Crippen molar-refractivity contribution in [3.63, 3.8) is 0 Å². The van der Waals surface area contributed by atoms with Crippen molar-refractivity contribution in [1.29, 1.82) is 0 Å². The van der Waals surface area contributed by atoms with Crippen LogP contribution in [-0.4, -0.2) is 42.8 Å². The maximum atomic E-state index is 13.7. The summed E-state index contributed by atoms with van der Waals surface area (Å²) >= 11 is 5.81. The number of nitrogens with zero attached hydrogens (tertiary/aromatic N) is 1. The first-order valence-electron chi connectivity index (χ1n) is 12.3. The number of carbonyl (C=O) groups excluding carboxylic acids is 1. The van der Waals surface area contributed by atoms with Crippen molar-refractivity contribution in [3.8, 4) is 0 Å². The first-order valence-corrected chi connectivity index (χ1v) is 14.0. The van der Waals surface area contributed by atoms with Crippen LogP contribution in [0.2, 0.25) is 5.02 Å². The second-order valence-electron chi connectivity index (χ2n) is 9.21. The van der Waals surface area contributed by atoms with Gasteiger partial charge in [-0.1, -0.05) is 36.7 Å². The number of hydrogen-bond donors (Lipinski definition) is 1. The van der Waals surface area contributed by atoms with Gasteiger partial charge in [-0.25, -0.2) is 4.39 Å². The number of amides is 1. The molecule has 0 aliphatic rings. The zero-order chi connectivity index (χ0) is 29.2. The molecule has 1 heterocycles. The first kappa shape index (κ1) is 29.9. The molecular formula is C28H23B2ClF4N2O2S. The van der Waals surface area contributed by atoms with E-state index in [9.17, 15) is 26.6 Å². The molecule has 0 saturated heterocycles. The molecule has 0 fully saturated rings. The lowest BCUT2D eigenvalue weighted by Gasteiger charge is -2.28. The average molecular weight is 585 g/mol. The molecule has 40 heavy (non-hydrogen) atoms. The summed E-state index contributed by atoms with van der Waals surface area (Å²) in [6.07, 6.45) is -4.75. The number of fused-ring (bicyclic) bond motifs is 1. The van der Waals surface area contributed by atoms with Crippen molar-refractivity contribution < 1.29 is 26.6 Å². The molecule has 0 saturated carbocycles. The van der Waals surface area contributed by atoms with Gasteiger partial charge in [0.1, 0.15) is 6.67 Å². The number of carbonyl (C=O) groups is 1. The number of hydrogen-bond acceptors (Lipinski definition) is 2. The largest absolute Gasteiger partial charge is 0.416 e. The lowest BCUT2D eigenvalue weighted by Crippen LogP contribution is -2.47. The first-order chi connectivity index (χ1) is 18.8. The number of halogens is 5. The highest BCUT2D eigenvalue weighted by atomic mass is 35.5. The Labute approximate surface area is 239 Å². The highest BCUT2D eigenvalue weighted by molar-refractivity contribution is 7.85. The van der Waals surface area contributed by atoms with E-state index < -0.39 is 40.5 Å². The van der Waals surface area contributed by atoms with Crippen molar-refractivity contribution in [2.24, 2.45) is 0 Å². The van der Waals surface area contributed by atoms with E-state index in [1.165, 1.54) is 18.2 Å². The zero-order valence-corrected chi connectivity index (χ0v) is 23.0. The third kappa shape index (κ3) is 6.47. The Bertz CT molecular complexity index is 1570. The molecule has 4 aromatic rings. The molecule has 4 rings (SSSR count). The van der Waals surface area contributed by atoms with E-state index in [0.29, 0.717) is 32.8 Å². The van der Waals surface area contributed by atoms with Gasteiger partial charge >= 0.3 is 6.18 Å². The lowest BCUT2D eigenvalue weighted by atomic mass is 9.58. The molecule has 0 aliphatic heterocycles. The summed E-state index contributed by atoms with van der Waals surface area (Å²) in [5.41, 5.74) is 0.699. The van der Waals surface area contributed by atoms with E-state index in [4.69, 9.17) is 27.3 Å². The summed E-state index contributed by atoms with van der Waals surface area (Å²) in [6, 6.07) is 16.2. The van der Waals surface area contributed by atoms with Crippen LogP contribution in [0.5, 0.6) is 0 Å². The predicted molar refractivity (Wildman–Crippen MR) is 151 cm³/mol. The molecule has 0 spiro atoms. The summed E-state index contributed by atoms with van der Waals surface area (Å²) < 4.78 is 68.0. The quantitative estimate of drug-likeness (QED) is 0.197. The predicted octanol–water partition coefficient (Wildman–Crippen LogP) is 5.88. The monoisotopic (exact) mass is 584 g/mol. The SMILES string of the molecule is [B]C([B])(NC(=O)c1ccc2c(c1)cc(Cc1ccc(Cl)cc1C(F)(F)F)n2CCF)c1ccc(S(=O)CC)cc1. The molecule has 0 bridgehead atoms. The summed E-state index contributed by atoms with van der Waals surface area (Å²) in [5.74, 6) is -0.141. The molecule has 0 aliphatic carbocycles. The van der Waals surface area contributed by atoms with E-state index in [-0.39, 0.29) is 29.1 Å². The number of rotatable bonds is 9. The van der Waals surface area contributed by atoms with Gasteiger partial charge in [-0.3, -0.25) is 9.00 Å². The summed E-state index contributed by atoms with van der Waals surface area (Å²) in [7, 11) is 11.2. The third-order valence-corrected chi connectivity index (χ3v) is 8.04. The van der Waals surface area contributed by atoms with Gasteiger partial charge in [0, 0.05) is 44.3 Å². The van der Waals surface area contributed by atoms with E-state index >= 15 is 0 Å². The fraction of sp³-hybridized carbons (Fsp3) is 0.250. The van der Waals surface area contributed by atoms with Gasteiger partial charge in [-0.2, -0.15) is 13.2 Å². The Morgan fingerprint density at radius 1 is 1.02 bits per heavy atom. The van der Waals surface area contributed by atoms with Crippen LogP contribution in [0.25, 0.3) is 10.9 Å². The molecule has 1 N–H and O–H groups in total. The lowest BCUT2D eigenvalue weighted by molar-refractivity contribution is -0.138. The maximum Gasteiger partial charge on any atom is 0.416 e. The molecular weight excluding hydrogens is 561 g/mol. The standard InChI is InChI=1S/C28H23B2ClF4N2O2S/c1-2-40(39)23-8-5-20(6-9-23)27(29,30)36-26(38)18-4-10-25-19(13-18)15-22(37(25)12-11-32)14-17-3-7-21(31)16-24(17)28(33,34)35/h3-10,13,15-16H,2,11-12,14H2,1H3,(H,36,38). The van der Waals surface area contributed by atoms with Gasteiger partial charge < -0.3 is 9.88 Å². The molecule has 4 radical (unpaired) electrons. The van der Waals surface area contributed by atoms with Gasteiger partial charge in [-0.15, -0.1) is 0 Å². The van der Waals surface area contributed by atoms with Crippen molar-refractivity contribution >= 4 is 54.9 Å². The topological polar surface area (TPSA) is 51.1 Å². The second-order valence-corrected chi connectivity index (χ2v) is 11.4. The van der Waals surface area contributed by atoms with Crippen LogP contribution in [0.4, 0.5) is 17.6 Å². The van der Waals surface area contributed by atoms with Crippen LogP contribution in [-0.2, 0) is 35.3 Å². The number of aromatic nitrogens is 1. The molecule has 1 atom stereocenters. The Hall–Kier alpha value is -3.04. The molecule has 3 aromatic carbocycles. The van der Waals surface area contributed by atoms with Crippen LogP contribution in [0.1, 0.15) is 39.7 Å². The Balaban J connectivity index is 1.63. The molecule has 1 amide bonds.